The number of aliphatic imine (C=N–C) groups is 1. The molecule has 0 saturated carbocycles. The minimum atomic E-state index is 0.498. The van der Waals surface area contributed by atoms with Crippen LogP contribution in [0, 0.1) is 19.8 Å². The van der Waals surface area contributed by atoms with Gasteiger partial charge in [0.25, 0.3) is 0 Å². The van der Waals surface area contributed by atoms with Crippen molar-refractivity contribution >= 4 is 5.96 Å². The van der Waals surface area contributed by atoms with E-state index in [1.54, 1.807) is 0 Å². The zero-order valence-electron chi connectivity index (χ0n) is 16.4. The van der Waals surface area contributed by atoms with Gasteiger partial charge in [0, 0.05) is 6.54 Å². The lowest BCUT2D eigenvalue weighted by Crippen LogP contribution is -2.36. The van der Waals surface area contributed by atoms with E-state index in [9.17, 15) is 0 Å². The normalized spacial score (nSPS) is 11.7. The first-order chi connectivity index (χ1) is 12.5. The Morgan fingerprint density at radius 1 is 1.27 bits per heavy atom. The van der Waals surface area contributed by atoms with Crippen molar-refractivity contribution in [2.75, 3.05) is 13.2 Å². The summed E-state index contributed by atoms with van der Waals surface area (Å²) in [6, 6.07) is 8.07. The van der Waals surface area contributed by atoms with E-state index in [0.717, 1.165) is 35.3 Å². The molecule has 0 atom stereocenters. The number of nitrogens with one attached hydrogen (secondary N) is 2. The van der Waals surface area contributed by atoms with E-state index < -0.39 is 0 Å². The second kappa shape index (κ2) is 9.85. The number of benzene rings is 1. The van der Waals surface area contributed by atoms with Gasteiger partial charge >= 0.3 is 0 Å². The smallest absolute Gasteiger partial charge is 0.214 e. The fourth-order valence-corrected chi connectivity index (χ4v) is 2.28. The summed E-state index contributed by atoms with van der Waals surface area (Å²) in [6.45, 7) is 12.7. The Labute approximate surface area is 156 Å². The number of hydrogen-bond donors (Lipinski definition) is 2. The van der Waals surface area contributed by atoms with Gasteiger partial charge in [-0.2, -0.15) is 0 Å². The maximum absolute atomic E-state index is 5.78. The molecule has 0 amide bonds. The Morgan fingerprint density at radius 3 is 2.73 bits per heavy atom. The van der Waals surface area contributed by atoms with Gasteiger partial charge in [0.1, 0.15) is 11.5 Å². The van der Waals surface area contributed by atoms with Crippen LogP contribution >= 0.6 is 0 Å². The maximum atomic E-state index is 5.78. The fourth-order valence-electron chi connectivity index (χ4n) is 2.28. The third-order valence-electron chi connectivity index (χ3n) is 3.73. The van der Waals surface area contributed by atoms with Crippen LogP contribution in [-0.4, -0.2) is 24.1 Å². The number of aromatic nitrogens is 1. The first-order valence-electron chi connectivity index (χ1n) is 9.14. The average Bonchev–Trinajstić information content (AvgIpc) is 2.94. The zero-order chi connectivity index (χ0) is 18.9. The number of oxazole rings is 1. The van der Waals surface area contributed by atoms with Crippen molar-refractivity contribution in [1.29, 1.82) is 0 Å². The van der Waals surface area contributed by atoms with E-state index in [-0.39, 0.29) is 0 Å². The lowest BCUT2D eigenvalue weighted by atomic mass is 10.2. The molecule has 2 aromatic rings. The molecular formula is C20H30N4O2. The molecule has 1 heterocycles. The quantitative estimate of drug-likeness (QED) is 0.557. The summed E-state index contributed by atoms with van der Waals surface area (Å²) >= 11 is 0. The van der Waals surface area contributed by atoms with E-state index in [2.05, 4.69) is 40.5 Å². The SMILES string of the molecule is CCNC(=NCc1cccc(OCC(C)C)c1)NCc1nc(C)c(C)o1. The summed E-state index contributed by atoms with van der Waals surface area (Å²) in [7, 11) is 0. The summed E-state index contributed by atoms with van der Waals surface area (Å²) < 4.78 is 11.4. The molecule has 0 bridgehead atoms. The molecule has 142 valence electrons. The zero-order valence-corrected chi connectivity index (χ0v) is 16.4. The van der Waals surface area contributed by atoms with Crippen LogP contribution in [0.1, 0.15) is 43.7 Å². The van der Waals surface area contributed by atoms with Crippen LogP contribution in [-0.2, 0) is 13.1 Å². The molecule has 2 N–H and O–H groups in total. The second-order valence-electron chi connectivity index (χ2n) is 6.65. The van der Waals surface area contributed by atoms with Gasteiger partial charge in [-0.3, -0.25) is 0 Å². The molecule has 0 fully saturated rings. The largest absolute Gasteiger partial charge is 0.493 e. The highest BCUT2D eigenvalue weighted by atomic mass is 16.5. The highest BCUT2D eigenvalue weighted by Crippen LogP contribution is 2.15. The summed E-state index contributed by atoms with van der Waals surface area (Å²) in [5.41, 5.74) is 2.02. The van der Waals surface area contributed by atoms with Crippen molar-refractivity contribution < 1.29 is 9.15 Å². The van der Waals surface area contributed by atoms with Gasteiger partial charge in [0.2, 0.25) is 5.89 Å². The molecule has 0 aliphatic heterocycles. The van der Waals surface area contributed by atoms with Crippen LogP contribution in [0.2, 0.25) is 0 Å². The second-order valence-corrected chi connectivity index (χ2v) is 6.65. The predicted octanol–water partition coefficient (Wildman–Crippen LogP) is 3.58. The van der Waals surface area contributed by atoms with Crippen molar-refractivity contribution in [3.63, 3.8) is 0 Å². The molecule has 1 aromatic carbocycles. The van der Waals surface area contributed by atoms with E-state index >= 15 is 0 Å². The van der Waals surface area contributed by atoms with E-state index in [1.165, 1.54) is 0 Å². The predicted molar refractivity (Wildman–Crippen MR) is 104 cm³/mol. The van der Waals surface area contributed by atoms with Crippen molar-refractivity contribution in [1.82, 2.24) is 15.6 Å². The maximum Gasteiger partial charge on any atom is 0.214 e. The highest BCUT2D eigenvalue weighted by Gasteiger charge is 2.06. The lowest BCUT2D eigenvalue weighted by molar-refractivity contribution is 0.271. The Kier molecular flexibility index (Phi) is 7.51. The van der Waals surface area contributed by atoms with Crippen LogP contribution in [0.25, 0.3) is 0 Å². The van der Waals surface area contributed by atoms with Crippen LogP contribution in [0.15, 0.2) is 33.7 Å². The Balaban J connectivity index is 1.96. The van der Waals surface area contributed by atoms with Crippen molar-refractivity contribution in [2.45, 2.75) is 47.7 Å². The molecule has 0 radical (unpaired) electrons. The molecular weight excluding hydrogens is 328 g/mol. The number of ether oxygens (including phenoxy) is 1. The molecule has 6 nitrogen and oxygen atoms in total. The van der Waals surface area contributed by atoms with Gasteiger partial charge in [0.15, 0.2) is 5.96 Å². The summed E-state index contributed by atoms with van der Waals surface area (Å²) in [4.78, 5) is 9.01. The monoisotopic (exact) mass is 358 g/mol. The lowest BCUT2D eigenvalue weighted by Gasteiger charge is -2.11. The number of guanidine groups is 1. The van der Waals surface area contributed by atoms with Crippen molar-refractivity contribution in [3.05, 3.63) is 47.2 Å². The fraction of sp³-hybridized carbons (Fsp3) is 0.500. The van der Waals surface area contributed by atoms with Crippen LogP contribution in [0.5, 0.6) is 5.75 Å². The van der Waals surface area contributed by atoms with Gasteiger partial charge in [-0.1, -0.05) is 26.0 Å². The minimum absolute atomic E-state index is 0.498. The van der Waals surface area contributed by atoms with E-state index in [0.29, 0.717) is 31.5 Å². The van der Waals surface area contributed by atoms with Crippen molar-refractivity contribution in [2.24, 2.45) is 10.9 Å². The standard InChI is InChI=1S/C20H30N4O2/c1-6-21-20(23-12-19-24-15(4)16(5)26-19)22-11-17-8-7-9-18(10-17)25-13-14(2)3/h7-10,14H,6,11-13H2,1-5H3,(H2,21,22,23). The number of rotatable bonds is 8. The molecule has 0 aliphatic rings. The molecule has 26 heavy (non-hydrogen) atoms. The van der Waals surface area contributed by atoms with Gasteiger partial charge in [-0.05, 0) is 44.4 Å². The van der Waals surface area contributed by atoms with Gasteiger partial charge < -0.3 is 19.8 Å². The van der Waals surface area contributed by atoms with E-state index in [1.807, 2.05) is 39.0 Å². The third kappa shape index (κ3) is 6.43. The van der Waals surface area contributed by atoms with Gasteiger partial charge in [-0.25, -0.2) is 9.98 Å². The number of hydrogen-bond acceptors (Lipinski definition) is 4. The average molecular weight is 358 g/mol. The van der Waals surface area contributed by atoms with Gasteiger partial charge in [0.05, 0.1) is 25.4 Å². The first-order valence-corrected chi connectivity index (χ1v) is 9.14. The topological polar surface area (TPSA) is 71.7 Å². The summed E-state index contributed by atoms with van der Waals surface area (Å²) in [5, 5.41) is 6.49. The van der Waals surface area contributed by atoms with Crippen LogP contribution < -0.4 is 15.4 Å². The van der Waals surface area contributed by atoms with Crippen LogP contribution in [0.3, 0.4) is 0 Å². The Morgan fingerprint density at radius 2 is 2.08 bits per heavy atom. The molecule has 0 spiro atoms. The van der Waals surface area contributed by atoms with Crippen molar-refractivity contribution in [3.8, 4) is 5.75 Å². The number of aryl methyl sites for hydroxylation is 2. The molecule has 0 saturated heterocycles. The third-order valence-corrected chi connectivity index (χ3v) is 3.73. The summed E-state index contributed by atoms with van der Waals surface area (Å²) in [5.74, 6) is 3.63. The molecule has 1 aromatic heterocycles. The molecule has 6 heteroatoms. The van der Waals surface area contributed by atoms with Crippen LogP contribution in [0.4, 0.5) is 0 Å². The Hall–Kier alpha value is -2.50. The first kappa shape index (κ1) is 19.8. The molecule has 0 aliphatic carbocycles. The minimum Gasteiger partial charge on any atom is -0.493 e. The Bertz CT molecular complexity index is 703. The summed E-state index contributed by atoms with van der Waals surface area (Å²) in [6.07, 6.45) is 0. The molecule has 0 unspecified atom stereocenters. The number of nitrogens with zero attached hydrogens (tertiary/aromatic N) is 2. The highest BCUT2D eigenvalue weighted by molar-refractivity contribution is 5.79. The van der Waals surface area contributed by atoms with E-state index in [4.69, 9.17) is 9.15 Å². The van der Waals surface area contributed by atoms with Gasteiger partial charge in [-0.15, -0.1) is 0 Å². The molecule has 2 rings (SSSR count).